The molecule has 2 unspecified atom stereocenters. The normalized spacial score (nSPS) is 20.4. The Labute approximate surface area is 250 Å². The molecule has 3 heterocycles. The van der Waals surface area contributed by atoms with Crippen LogP contribution in [-0.4, -0.2) is 44.8 Å². The first kappa shape index (κ1) is 34.8. The quantitative estimate of drug-likeness (QED) is 0.243. The number of amides is 1. The van der Waals surface area contributed by atoms with Crippen molar-refractivity contribution in [2.24, 2.45) is 0 Å². The van der Waals surface area contributed by atoms with Crippen molar-refractivity contribution in [3.05, 3.63) is 60.2 Å². The van der Waals surface area contributed by atoms with E-state index in [0.29, 0.717) is 12.5 Å². The third-order valence-corrected chi connectivity index (χ3v) is 6.58. The Morgan fingerprint density at radius 3 is 2.41 bits per heavy atom. The molecule has 0 saturated carbocycles. The zero-order valence-corrected chi connectivity index (χ0v) is 24.4. The molecule has 0 fully saturated rings. The summed E-state index contributed by atoms with van der Waals surface area (Å²) >= 11 is 0. The van der Waals surface area contributed by atoms with Gasteiger partial charge in [0, 0.05) is 0 Å². The Hall–Kier alpha value is -3.72. The van der Waals surface area contributed by atoms with E-state index in [2.05, 4.69) is 33.7 Å². The van der Waals surface area contributed by atoms with Crippen molar-refractivity contribution < 1.29 is 50.1 Å². The van der Waals surface area contributed by atoms with E-state index in [1.54, 1.807) is 0 Å². The number of carbonyl (C=O) groups excluding carboxylic acids is 1. The van der Waals surface area contributed by atoms with E-state index in [-0.39, 0.29) is 31.3 Å². The molecule has 2 N–H and O–H groups in total. The fourth-order valence-electron chi connectivity index (χ4n) is 4.48. The monoisotopic (exact) mass is 632 g/mol. The Morgan fingerprint density at radius 2 is 1.82 bits per heavy atom. The Balaban J connectivity index is 2.28. The fraction of sp³-hybridized carbons (Fsp3) is 0.517. The molecule has 0 radical (unpaired) electrons. The number of aliphatic hydroxyl groups is 1. The number of anilines is 1. The maximum atomic E-state index is 14.9. The summed E-state index contributed by atoms with van der Waals surface area (Å²) in [5, 5.41) is 20.1. The summed E-state index contributed by atoms with van der Waals surface area (Å²) in [5.74, 6) is -1.78. The minimum atomic E-state index is -5.08. The standard InChI is InChI=1S/C29H34F6N4O5/c1-6-12-17(7-2)16-42-27(29(33,34)35)14-11-9-8-10-13-20(40)21-18(28(30,31)32)15-19(36-25(41)44-26(3,4)5)22(37-21)23-38-39-24(27)43-23/h6-7,12,15,20,40H,1-2,8-11,13-14,16H2,3-5H3,(H,36,41)/b17-12+. The maximum Gasteiger partial charge on any atom is 0.426 e. The van der Waals surface area contributed by atoms with Crippen molar-refractivity contribution in [2.75, 3.05) is 11.9 Å². The Bertz CT molecular complexity index is 1380. The lowest BCUT2D eigenvalue weighted by Gasteiger charge is -2.33. The van der Waals surface area contributed by atoms with Gasteiger partial charge in [-0.15, -0.1) is 10.2 Å². The number of nitrogens with one attached hydrogen (secondary N) is 1. The highest BCUT2D eigenvalue weighted by Crippen LogP contribution is 2.47. The minimum Gasteiger partial charge on any atom is -0.444 e. The van der Waals surface area contributed by atoms with Gasteiger partial charge in [-0.05, 0) is 51.7 Å². The summed E-state index contributed by atoms with van der Waals surface area (Å²) in [6.45, 7) is 11.1. The largest absolute Gasteiger partial charge is 0.444 e. The van der Waals surface area contributed by atoms with Crippen LogP contribution < -0.4 is 5.32 Å². The third-order valence-electron chi connectivity index (χ3n) is 6.58. The molecule has 2 aromatic heterocycles. The van der Waals surface area contributed by atoms with Gasteiger partial charge in [0.05, 0.1) is 29.7 Å². The van der Waals surface area contributed by atoms with Crippen LogP contribution in [0.15, 0.2) is 47.4 Å². The Morgan fingerprint density at radius 1 is 1.14 bits per heavy atom. The highest BCUT2D eigenvalue weighted by Gasteiger charge is 2.61. The van der Waals surface area contributed by atoms with Gasteiger partial charge in [-0.2, -0.15) is 26.3 Å². The number of alkyl halides is 6. The molecule has 0 aromatic carbocycles. The number of aromatic nitrogens is 3. The molecule has 2 aromatic rings. The summed E-state index contributed by atoms with van der Waals surface area (Å²) in [7, 11) is 0. The molecular formula is C29H34F6N4O5. The van der Waals surface area contributed by atoms with Crippen molar-refractivity contribution in [3.8, 4) is 11.6 Å². The van der Waals surface area contributed by atoms with Gasteiger partial charge >= 0.3 is 18.4 Å². The van der Waals surface area contributed by atoms with E-state index in [0.717, 1.165) is 0 Å². The molecular weight excluding hydrogens is 598 g/mol. The first-order chi connectivity index (χ1) is 20.4. The first-order valence-electron chi connectivity index (χ1n) is 13.7. The minimum absolute atomic E-state index is 0.0370. The number of rotatable bonds is 6. The average Bonchev–Trinajstić information content (AvgIpc) is 3.38. The van der Waals surface area contributed by atoms with Crippen LogP contribution in [0.5, 0.6) is 0 Å². The van der Waals surface area contributed by atoms with Crippen LogP contribution in [-0.2, 0) is 21.3 Å². The number of halogens is 6. The predicted octanol–water partition coefficient (Wildman–Crippen LogP) is 7.96. The lowest BCUT2D eigenvalue weighted by molar-refractivity contribution is -0.293. The van der Waals surface area contributed by atoms with Crippen LogP contribution in [0.3, 0.4) is 0 Å². The van der Waals surface area contributed by atoms with Crippen molar-refractivity contribution in [1.29, 1.82) is 0 Å². The zero-order chi connectivity index (χ0) is 32.9. The van der Waals surface area contributed by atoms with Crippen LogP contribution in [0.2, 0.25) is 0 Å². The van der Waals surface area contributed by atoms with E-state index < -0.39 is 83.2 Å². The maximum absolute atomic E-state index is 14.9. The fourth-order valence-corrected chi connectivity index (χ4v) is 4.48. The van der Waals surface area contributed by atoms with Gasteiger partial charge < -0.3 is 19.0 Å². The molecule has 1 aliphatic heterocycles. The number of nitrogens with zero attached hydrogens (tertiary/aromatic N) is 3. The number of allylic oxidation sites excluding steroid dienone is 2. The molecule has 2 atom stereocenters. The van der Waals surface area contributed by atoms with Crippen LogP contribution in [0.4, 0.5) is 36.8 Å². The lowest BCUT2D eigenvalue weighted by Crippen LogP contribution is -2.45. The molecule has 15 heteroatoms. The van der Waals surface area contributed by atoms with Gasteiger partial charge in [0.1, 0.15) is 5.60 Å². The number of fused-ring (bicyclic) bond motifs is 5. The lowest BCUT2D eigenvalue weighted by atomic mass is 9.93. The van der Waals surface area contributed by atoms with E-state index in [9.17, 15) is 36.2 Å². The summed E-state index contributed by atoms with van der Waals surface area (Å²) in [6.07, 6.45) is -9.07. The SMILES string of the molecule is C=C/C=C(\C=C)COC1(C(F)(F)F)CCCCCCC(O)c2nc(c(NC(=O)OC(C)(C)C)cc2C(F)(F)F)-c2nnc1o2. The van der Waals surface area contributed by atoms with Gasteiger partial charge in [-0.3, -0.25) is 5.32 Å². The Kier molecular flexibility index (Phi) is 10.7. The molecule has 3 rings (SSSR count). The summed E-state index contributed by atoms with van der Waals surface area (Å²) < 4.78 is 103. The molecule has 0 saturated heterocycles. The van der Waals surface area contributed by atoms with E-state index in [4.69, 9.17) is 13.9 Å². The third kappa shape index (κ3) is 8.25. The number of ether oxygens (including phenoxy) is 2. The molecule has 0 spiro atoms. The second-order valence-electron chi connectivity index (χ2n) is 11.1. The van der Waals surface area contributed by atoms with E-state index >= 15 is 0 Å². The smallest absolute Gasteiger partial charge is 0.426 e. The van der Waals surface area contributed by atoms with Crippen LogP contribution in [0, 0.1) is 0 Å². The number of hydrogen-bond donors (Lipinski definition) is 2. The number of aliphatic hydroxyl groups excluding tert-OH is 1. The number of carbonyl (C=O) groups is 1. The van der Waals surface area contributed by atoms with Crippen LogP contribution >= 0.6 is 0 Å². The average molecular weight is 633 g/mol. The van der Waals surface area contributed by atoms with Crippen molar-refractivity contribution in [3.63, 3.8) is 0 Å². The second kappa shape index (κ2) is 13.5. The molecule has 242 valence electrons. The molecule has 9 nitrogen and oxygen atoms in total. The van der Waals surface area contributed by atoms with Gasteiger partial charge in [0.25, 0.3) is 11.8 Å². The van der Waals surface area contributed by atoms with E-state index in [1.165, 1.54) is 39.0 Å². The summed E-state index contributed by atoms with van der Waals surface area (Å²) in [5.41, 5.74) is -7.34. The van der Waals surface area contributed by atoms with Gasteiger partial charge in [-0.1, -0.05) is 50.6 Å². The highest BCUT2D eigenvalue weighted by atomic mass is 19.4. The van der Waals surface area contributed by atoms with Gasteiger partial charge in [0.15, 0.2) is 5.69 Å². The van der Waals surface area contributed by atoms with E-state index in [1.807, 2.05) is 0 Å². The molecule has 1 aliphatic rings. The predicted molar refractivity (Wildman–Crippen MR) is 147 cm³/mol. The van der Waals surface area contributed by atoms with Gasteiger partial charge in [-0.25, -0.2) is 9.78 Å². The molecule has 4 bridgehead atoms. The highest BCUT2D eigenvalue weighted by molar-refractivity contribution is 5.89. The first-order valence-corrected chi connectivity index (χ1v) is 13.7. The summed E-state index contributed by atoms with van der Waals surface area (Å²) in [4.78, 5) is 16.5. The molecule has 1 amide bonds. The molecule has 44 heavy (non-hydrogen) atoms. The molecule has 0 aliphatic carbocycles. The zero-order valence-electron chi connectivity index (χ0n) is 24.4. The van der Waals surface area contributed by atoms with Gasteiger partial charge in [0.2, 0.25) is 5.60 Å². The van der Waals surface area contributed by atoms with Crippen molar-refractivity contribution in [1.82, 2.24) is 15.2 Å². The second-order valence-corrected chi connectivity index (χ2v) is 11.1. The summed E-state index contributed by atoms with van der Waals surface area (Å²) in [6, 6.07) is 0.491. The van der Waals surface area contributed by atoms with Crippen molar-refractivity contribution >= 4 is 11.8 Å². The number of pyridine rings is 1. The topological polar surface area (TPSA) is 120 Å². The number of hydrogen-bond acceptors (Lipinski definition) is 8. The van der Waals surface area contributed by atoms with Crippen LogP contribution in [0.1, 0.15) is 82.5 Å². The van der Waals surface area contributed by atoms with Crippen molar-refractivity contribution in [2.45, 2.75) is 89.0 Å². The van der Waals surface area contributed by atoms with Crippen LogP contribution in [0.25, 0.3) is 11.6 Å².